The molecule has 0 fully saturated rings. The van der Waals surface area contributed by atoms with Crippen LogP contribution in [0.3, 0.4) is 0 Å². The molecular weight excluding hydrogens is 252 g/mol. The molecule has 0 saturated carbocycles. The number of hydrogen-bond donors (Lipinski definition) is 2. The van der Waals surface area contributed by atoms with E-state index in [4.69, 9.17) is 4.74 Å². The van der Waals surface area contributed by atoms with Crippen LogP contribution in [0.5, 0.6) is 5.75 Å². The first-order valence-corrected chi connectivity index (χ1v) is 7.11. The fourth-order valence-electron chi connectivity index (χ4n) is 1.97. The van der Waals surface area contributed by atoms with Gasteiger partial charge in [-0.25, -0.2) is 4.98 Å². The van der Waals surface area contributed by atoms with Crippen molar-refractivity contribution in [3.8, 4) is 5.75 Å². The first-order chi connectivity index (χ1) is 9.81. The van der Waals surface area contributed by atoms with Gasteiger partial charge in [-0.3, -0.25) is 5.10 Å². The SMILES string of the molecule is CCCOc1cccnc1NCCCc1cn[nH]c1C. The van der Waals surface area contributed by atoms with E-state index in [0.29, 0.717) is 6.61 Å². The first-order valence-electron chi connectivity index (χ1n) is 7.11. The maximum absolute atomic E-state index is 5.67. The Bertz CT molecular complexity index is 524. The molecule has 0 atom stereocenters. The summed E-state index contributed by atoms with van der Waals surface area (Å²) in [5, 5.41) is 10.3. The zero-order valence-corrected chi connectivity index (χ0v) is 12.1. The number of ether oxygens (including phenoxy) is 1. The van der Waals surface area contributed by atoms with Crippen molar-refractivity contribution in [3.05, 3.63) is 35.8 Å². The van der Waals surface area contributed by atoms with Crippen molar-refractivity contribution in [2.45, 2.75) is 33.1 Å². The molecule has 2 heterocycles. The number of anilines is 1. The highest BCUT2D eigenvalue weighted by Crippen LogP contribution is 2.21. The van der Waals surface area contributed by atoms with Crippen LogP contribution >= 0.6 is 0 Å². The highest BCUT2D eigenvalue weighted by Gasteiger charge is 2.04. The molecule has 5 nitrogen and oxygen atoms in total. The Balaban J connectivity index is 1.80. The van der Waals surface area contributed by atoms with E-state index in [2.05, 4.69) is 27.4 Å². The van der Waals surface area contributed by atoms with Crippen molar-refractivity contribution < 1.29 is 4.74 Å². The van der Waals surface area contributed by atoms with Crippen LogP contribution in [-0.4, -0.2) is 28.3 Å². The molecule has 0 aliphatic carbocycles. The molecule has 2 aromatic heterocycles. The third-order valence-corrected chi connectivity index (χ3v) is 3.08. The van der Waals surface area contributed by atoms with Gasteiger partial charge in [0, 0.05) is 18.4 Å². The van der Waals surface area contributed by atoms with Crippen molar-refractivity contribution in [2.75, 3.05) is 18.5 Å². The highest BCUT2D eigenvalue weighted by atomic mass is 16.5. The van der Waals surface area contributed by atoms with Gasteiger partial charge in [0.15, 0.2) is 11.6 Å². The van der Waals surface area contributed by atoms with Crippen LogP contribution in [0.1, 0.15) is 31.0 Å². The van der Waals surface area contributed by atoms with E-state index in [1.54, 1.807) is 6.20 Å². The lowest BCUT2D eigenvalue weighted by Gasteiger charge is -2.11. The number of nitrogens with zero attached hydrogens (tertiary/aromatic N) is 2. The number of pyridine rings is 1. The number of aryl methyl sites for hydroxylation is 2. The Morgan fingerprint density at radius 3 is 3.05 bits per heavy atom. The van der Waals surface area contributed by atoms with E-state index in [1.807, 2.05) is 25.3 Å². The van der Waals surface area contributed by atoms with E-state index in [-0.39, 0.29) is 0 Å². The molecule has 2 N–H and O–H groups in total. The molecule has 0 unspecified atom stereocenters. The van der Waals surface area contributed by atoms with Crippen LogP contribution in [0, 0.1) is 6.92 Å². The summed E-state index contributed by atoms with van der Waals surface area (Å²) in [6, 6.07) is 3.84. The molecule has 0 saturated heterocycles. The van der Waals surface area contributed by atoms with E-state index in [0.717, 1.165) is 43.1 Å². The predicted molar refractivity (Wildman–Crippen MR) is 80.2 cm³/mol. The van der Waals surface area contributed by atoms with Gasteiger partial charge in [-0.15, -0.1) is 0 Å². The summed E-state index contributed by atoms with van der Waals surface area (Å²) in [6.07, 6.45) is 6.71. The van der Waals surface area contributed by atoms with Gasteiger partial charge >= 0.3 is 0 Å². The topological polar surface area (TPSA) is 62.8 Å². The Morgan fingerprint density at radius 2 is 2.30 bits per heavy atom. The zero-order valence-electron chi connectivity index (χ0n) is 12.1. The van der Waals surface area contributed by atoms with Crippen LogP contribution in [-0.2, 0) is 6.42 Å². The molecule has 0 bridgehead atoms. The molecular formula is C15H22N4O. The minimum absolute atomic E-state index is 0.717. The number of rotatable bonds is 8. The van der Waals surface area contributed by atoms with Crippen molar-refractivity contribution in [3.63, 3.8) is 0 Å². The monoisotopic (exact) mass is 274 g/mol. The third kappa shape index (κ3) is 3.98. The largest absolute Gasteiger partial charge is 0.490 e. The van der Waals surface area contributed by atoms with E-state index < -0.39 is 0 Å². The van der Waals surface area contributed by atoms with Crippen LogP contribution in [0.25, 0.3) is 0 Å². The average molecular weight is 274 g/mol. The van der Waals surface area contributed by atoms with Crippen molar-refractivity contribution >= 4 is 5.82 Å². The summed E-state index contributed by atoms with van der Waals surface area (Å²) >= 11 is 0. The Labute approximate surface area is 119 Å². The van der Waals surface area contributed by atoms with Crippen molar-refractivity contribution in [2.24, 2.45) is 0 Å². The second-order valence-electron chi connectivity index (χ2n) is 4.75. The third-order valence-electron chi connectivity index (χ3n) is 3.08. The lowest BCUT2D eigenvalue weighted by Crippen LogP contribution is -2.07. The van der Waals surface area contributed by atoms with Gasteiger partial charge in [0.1, 0.15) is 0 Å². The van der Waals surface area contributed by atoms with Gasteiger partial charge in [-0.2, -0.15) is 5.10 Å². The summed E-state index contributed by atoms with van der Waals surface area (Å²) in [4.78, 5) is 4.33. The lowest BCUT2D eigenvalue weighted by molar-refractivity contribution is 0.318. The second kappa shape index (κ2) is 7.53. The van der Waals surface area contributed by atoms with Crippen molar-refractivity contribution in [1.82, 2.24) is 15.2 Å². The second-order valence-corrected chi connectivity index (χ2v) is 4.75. The van der Waals surface area contributed by atoms with Crippen LogP contribution in [0.2, 0.25) is 0 Å². The number of aromatic nitrogens is 3. The molecule has 0 aliphatic heterocycles. The molecule has 2 rings (SSSR count). The number of aromatic amines is 1. The van der Waals surface area contributed by atoms with E-state index in [9.17, 15) is 0 Å². The fourth-order valence-corrected chi connectivity index (χ4v) is 1.97. The number of H-pyrrole nitrogens is 1. The number of nitrogens with one attached hydrogen (secondary N) is 2. The molecule has 0 aromatic carbocycles. The zero-order chi connectivity index (χ0) is 14.2. The van der Waals surface area contributed by atoms with Gasteiger partial charge < -0.3 is 10.1 Å². The average Bonchev–Trinajstić information content (AvgIpc) is 2.88. The summed E-state index contributed by atoms with van der Waals surface area (Å²) in [5.41, 5.74) is 2.42. The maximum Gasteiger partial charge on any atom is 0.168 e. The summed E-state index contributed by atoms with van der Waals surface area (Å²) in [7, 11) is 0. The molecule has 5 heteroatoms. The predicted octanol–water partition coefficient (Wildman–Crippen LogP) is 2.95. The fraction of sp³-hybridized carbons (Fsp3) is 0.467. The van der Waals surface area contributed by atoms with Gasteiger partial charge in [0.2, 0.25) is 0 Å². The molecule has 108 valence electrons. The normalized spacial score (nSPS) is 10.5. The Hall–Kier alpha value is -2.04. The standard InChI is InChI=1S/C15H22N4O/c1-3-10-20-14-7-5-9-17-15(14)16-8-4-6-13-11-18-19-12(13)2/h5,7,9,11H,3-4,6,8,10H2,1-2H3,(H,16,17)(H,18,19). The summed E-state index contributed by atoms with van der Waals surface area (Å²) in [5.74, 6) is 1.65. The highest BCUT2D eigenvalue weighted by molar-refractivity contribution is 5.49. The van der Waals surface area contributed by atoms with E-state index in [1.165, 1.54) is 5.56 Å². The first kappa shape index (κ1) is 14.4. The van der Waals surface area contributed by atoms with Crippen LogP contribution < -0.4 is 10.1 Å². The lowest BCUT2D eigenvalue weighted by atomic mass is 10.1. The molecule has 20 heavy (non-hydrogen) atoms. The molecule has 0 radical (unpaired) electrons. The van der Waals surface area contributed by atoms with Gasteiger partial charge in [-0.05, 0) is 43.9 Å². The van der Waals surface area contributed by atoms with Gasteiger partial charge in [-0.1, -0.05) is 6.92 Å². The van der Waals surface area contributed by atoms with Gasteiger partial charge in [0.05, 0.1) is 12.8 Å². The Morgan fingerprint density at radius 1 is 1.40 bits per heavy atom. The van der Waals surface area contributed by atoms with Crippen LogP contribution in [0.15, 0.2) is 24.5 Å². The quantitative estimate of drug-likeness (QED) is 0.726. The molecule has 0 amide bonds. The maximum atomic E-state index is 5.67. The molecule has 2 aromatic rings. The summed E-state index contributed by atoms with van der Waals surface area (Å²) in [6.45, 7) is 5.72. The molecule has 0 aliphatic rings. The smallest absolute Gasteiger partial charge is 0.168 e. The Kier molecular flexibility index (Phi) is 5.41. The molecule has 0 spiro atoms. The van der Waals surface area contributed by atoms with E-state index >= 15 is 0 Å². The van der Waals surface area contributed by atoms with Crippen LogP contribution in [0.4, 0.5) is 5.82 Å². The van der Waals surface area contributed by atoms with Crippen molar-refractivity contribution in [1.29, 1.82) is 0 Å². The number of hydrogen-bond acceptors (Lipinski definition) is 4. The minimum Gasteiger partial charge on any atom is -0.490 e. The minimum atomic E-state index is 0.717. The van der Waals surface area contributed by atoms with Gasteiger partial charge in [0.25, 0.3) is 0 Å². The summed E-state index contributed by atoms with van der Waals surface area (Å²) < 4.78 is 5.67.